The Bertz CT molecular complexity index is 1110. The molecule has 4 rings (SSSR count). The first kappa shape index (κ1) is 20.0. The van der Waals surface area contributed by atoms with Gasteiger partial charge >= 0.3 is 0 Å². The molecule has 3 aromatic rings. The number of piperidine rings is 1. The lowest BCUT2D eigenvalue weighted by molar-refractivity contribution is -0.131. The summed E-state index contributed by atoms with van der Waals surface area (Å²) in [6, 6.07) is 4.83. The summed E-state index contributed by atoms with van der Waals surface area (Å²) in [5.74, 6) is -1.50. The average molecular weight is 436 g/mol. The summed E-state index contributed by atoms with van der Waals surface area (Å²) >= 11 is 2.33. The number of aromatic nitrogens is 2. The van der Waals surface area contributed by atoms with Crippen LogP contribution in [0.5, 0.6) is 0 Å². The van der Waals surface area contributed by atoms with E-state index in [1.807, 2.05) is 11.8 Å². The van der Waals surface area contributed by atoms with Crippen molar-refractivity contribution in [2.45, 2.75) is 37.4 Å². The van der Waals surface area contributed by atoms with Gasteiger partial charge in [-0.2, -0.15) is 0 Å². The van der Waals surface area contributed by atoms with Crippen LogP contribution in [0.4, 0.5) is 8.78 Å². The Hall–Kier alpha value is -2.26. The molecule has 3 heterocycles. The lowest BCUT2D eigenvalue weighted by Crippen LogP contribution is -2.43. The highest BCUT2D eigenvalue weighted by atomic mass is 32.2. The molecule has 152 valence electrons. The summed E-state index contributed by atoms with van der Waals surface area (Å²) in [5.41, 5.74) is 0.155. The molecule has 0 bridgehead atoms. The van der Waals surface area contributed by atoms with E-state index in [0.29, 0.717) is 10.2 Å². The van der Waals surface area contributed by atoms with Crippen molar-refractivity contribution in [1.29, 1.82) is 0 Å². The van der Waals surface area contributed by atoms with Crippen LogP contribution in [0.25, 0.3) is 15.9 Å². The number of carbonyl (C=O) groups excluding carboxylic acids is 1. The van der Waals surface area contributed by atoms with Gasteiger partial charge in [-0.3, -0.25) is 14.2 Å². The third kappa shape index (κ3) is 4.06. The third-order valence-corrected chi connectivity index (χ3v) is 6.82. The van der Waals surface area contributed by atoms with E-state index in [-0.39, 0.29) is 28.5 Å². The number of amides is 1. The van der Waals surface area contributed by atoms with Gasteiger partial charge < -0.3 is 4.90 Å². The fraction of sp³-hybridized carbons (Fsp3) is 0.350. The van der Waals surface area contributed by atoms with E-state index >= 15 is 0 Å². The van der Waals surface area contributed by atoms with E-state index in [1.165, 1.54) is 15.9 Å². The summed E-state index contributed by atoms with van der Waals surface area (Å²) in [4.78, 5) is 32.1. The first-order chi connectivity index (χ1) is 13.9. The molecule has 2 aromatic heterocycles. The first-order valence-electron chi connectivity index (χ1n) is 9.33. The molecule has 9 heteroatoms. The number of carbonyl (C=O) groups is 1. The number of hydrogen-bond acceptors (Lipinski definition) is 5. The minimum absolute atomic E-state index is 0.0289. The van der Waals surface area contributed by atoms with Crippen LogP contribution in [-0.2, 0) is 4.79 Å². The minimum Gasteiger partial charge on any atom is -0.339 e. The quantitative estimate of drug-likeness (QED) is 0.455. The van der Waals surface area contributed by atoms with Gasteiger partial charge in [-0.25, -0.2) is 13.8 Å². The van der Waals surface area contributed by atoms with Crippen molar-refractivity contribution >= 4 is 39.2 Å². The van der Waals surface area contributed by atoms with Crippen molar-refractivity contribution < 1.29 is 13.6 Å². The Labute approximate surface area is 174 Å². The first-order valence-corrected chi connectivity index (χ1v) is 11.2. The molecule has 0 saturated carbocycles. The molecule has 0 aliphatic carbocycles. The fourth-order valence-corrected chi connectivity index (χ4v) is 5.22. The summed E-state index contributed by atoms with van der Waals surface area (Å²) in [5, 5.41) is 1.98. The topological polar surface area (TPSA) is 55.2 Å². The maximum Gasteiger partial charge on any atom is 0.276 e. The highest BCUT2D eigenvalue weighted by Gasteiger charge is 2.24. The number of thioether (sulfide) groups is 1. The summed E-state index contributed by atoms with van der Waals surface area (Å²) in [7, 11) is 0. The highest BCUT2D eigenvalue weighted by Crippen LogP contribution is 2.26. The van der Waals surface area contributed by atoms with Gasteiger partial charge in [-0.05, 0) is 49.8 Å². The van der Waals surface area contributed by atoms with Crippen LogP contribution in [0.1, 0.15) is 26.2 Å². The molecule has 1 unspecified atom stereocenters. The second-order valence-electron chi connectivity index (χ2n) is 7.02. The van der Waals surface area contributed by atoms with E-state index in [4.69, 9.17) is 0 Å². The predicted molar refractivity (Wildman–Crippen MR) is 111 cm³/mol. The van der Waals surface area contributed by atoms with Crippen molar-refractivity contribution in [3.05, 3.63) is 51.6 Å². The van der Waals surface area contributed by atoms with Gasteiger partial charge in [0.1, 0.15) is 16.3 Å². The molecule has 1 saturated heterocycles. The molecule has 0 radical (unpaired) electrons. The number of hydrogen-bond donors (Lipinski definition) is 0. The number of likely N-dealkylation sites (tertiary alicyclic amines) is 1. The van der Waals surface area contributed by atoms with Crippen molar-refractivity contribution in [2.75, 3.05) is 12.3 Å². The van der Waals surface area contributed by atoms with Crippen LogP contribution in [0.3, 0.4) is 0 Å². The number of rotatable bonds is 4. The number of thiophene rings is 1. The maximum absolute atomic E-state index is 13.8. The lowest BCUT2D eigenvalue weighted by atomic mass is 10.0. The number of benzene rings is 1. The SMILES string of the molecule is CC1CCCCN1C(=O)CSc1nc2ccsc2c(=O)n1-c1cc(F)cc(F)c1. The average Bonchev–Trinajstić information content (AvgIpc) is 3.14. The Morgan fingerprint density at radius 2 is 2.03 bits per heavy atom. The van der Waals surface area contributed by atoms with Gasteiger partial charge in [0.25, 0.3) is 5.56 Å². The monoisotopic (exact) mass is 435 g/mol. The number of nitrogens with zero attached hydrogens (tertiary/aromatic N) is 3. The standard InChI is InChI=1S/C20H19F2N3O2S2/c1-12-4-2-3-6-24(12)17(26)11-29-20-23-16-5-7-28-18(16)19(27)25(20)15-9-13(21)8-14(22)10-15/h5,7-10,12H,2-4,6,11H2,1H3. The zero-order valence-electron chi connectivity index (χ0n) is 15.7. The predicted octanol–water partition coefficient (Wildman–Crippen LogP) is 4.22. The molecular weight excluding hydrogens is 416 g/mol. The van der Waals surface area contributed by atoms with E-state index in [9.17, 15) is 18.4 Å². The second-order valence-corrected chi connectivity index (χ2v) is 8.88. The normalized spacial score (nSPS) is 17.1. The Kier molecular flexibility index (Phi) is 5.69. The van der Waals surface area contributed by atoms with Gasteiger partial charge in [0, 0.05) is 18.7 Å². The number of halogens is 2. The van der Waals surface area contributed by atoms with Crippen LogP contribution in [-0.4, -0.2) is 38.7 Å². The minimum atomic E-state index is -0.785. The third-order valence-electron chi connectivity index (χ3n) is 5.00. The molecule has 29 heavy (non-hydrogen) atoms. The fourth-order valence-electron chi connectivity index (χ4n) is 3.56. The van der Waals surface area contributed by atoms with Gasteiger partial charge in [-0.15, -0.1) is 11.3 Å². The molecule has 1 atom stereocenters. The zero-order valence-corrected chi connectivity index (χ0v) is 17.4. The van der Waals surface area contributed by atoms with E-state index < -0.39 is 17.2 Å². The Morgan fingerprint density at radius 3 is 2.76 bits per heavy atom. The van der Waals surface area contributed by atoms with Crippen LogP contribution in [0.2, 0.25) is 0 Å². The van der Waals surface area contributed by atoms with E-state index in [2.05, 4.69) is 4.98 Å². The van der Waals surface area contributed by atoms with Crippen LogP contribution >= 0.6 is 23.1 Å². The summed E-state index contributed by atoms with van der Waals surface area (Å²) in [6.07, 6.45) is 3.06. The maximum atomic E-state index is 13.8. The molecule has 1 amide bonds. The van der Waals surface area contributed by atoms with Crippen molar-refractivity contribution in [3.8, 4) is 5.69 Å². The lowest BCUT2D eigenvalue weighted by Gasteiger charge is -2.33. The molecule has 5 nitrogen and oxygen atoms in total. The largest absolute Gasteiger partial charge is 0.339 e. The van der Waals surface area contributed by atoms with Crippen molar-refractivity contribution in [3.63, 3.8) is 0 Å². The molecule has 1 aliphatic rings. The highest BCUT2D eigenvalue weighted by molar-refractivity contribution is 7.99. The Balaban J connectivity index is 1.71. The van der Waals surface area contributed by atoms with Crippen LogP contribution in [0.15, 0.2) is 39.6 Å². The molecule has 1 aliphatic heterocycles. The molecule has 1 aromatic carbocycles. The van der Waals surface area contributed by atoms with Gasteiger partial charge in [0.05, 0.1) is 17.0 Å². The van der Waals surface area contributed by atoms with Gasteiger partial charge in [0.2, 0.25) is 5.91 Å². The zero-order chi connectivity index (χ0) is 20.5. The number of fused-ring (bicyclic) bond motifs is 1. The van der Waals surface area contributed by atoms with E-state index in [0.717, 1.165) is 55.8 Å². The Morgan fingerprint density at radius 1 is 1.28 bits per heavy atom. The van der Waals surface area contributed by atoms with Crippen molar-refractivity contribution in [2.24, 2.45) is 0 Å². The van der Waals surface area contributed by atoms with Gasteiger partial charge in [-0.1, -0.05) is 11.8 Å². The molecular formula is C20H19F2N3O2S2. The molecule has 0 spiro atoms. The van der Waals surface area contributed by atoms with Crippen LogP contribution < -0.4 is 5.56 Å². The van der Waals surface area contributed by atoms with E-state index in [1.54, 1.807) is 11.4 Å². The van der Waals surface area contributed by atoms with Gasteiger partial charge in [0.15, 0.2) is 5.16 Å². The molecule has 1 fully saturated rings. The summed E-state index contributed by atoms with van der Waals surface area (Å²) in [6.45, 7) is 2.75. The smallest absolute Gasteiger partial charge is 0.276 e. The summed E-state index contributed by atoms with van der Waals surface area (Å²) < 4.78 is 29.2. The van der Waals surface area contributed by atoms with Crippen molar-refractivity contribution in [1.82, 2.24) is 14.5 Å². The molecule has 0 N–H and O–H groups in total. The van der Waals surface area contributed by atoms with Crippen LogP contribution in [0, 0.1) is 11.6 Å². The second kappa shape index (κ2) is 8.23.